The number of carbonyl (C=O) groups excluding carboxylic acids is 1. The van der Waals surface area contributed by atoms with Crippen LogP contribution in [-0.2, 0) is 11.2 Å². The number of nitrogens with zero attached hydrogens (tertiary/aromatic N) is 1. The first-order valence-corrected chi connectivity index (χ1v) is 8.08. The molecule has 0 aliphatic carbocycles. The molecule has 1 heterocycles. The van der Waals surface area contributed by atoms with E-state index in [-0.39, 0.29) is 5.91 Å². The van der Waals surface area contributed by atoms with Gasteiger partial charge in [0.2, 0.25) is 5.91 Å². The fourth-order valence-corrected chi connectivity index (χ4v) is 2.99. The van der Waals surface area contributed by atoms with Crippen LogP contribution >= 0.6 is 12.2 Å². The molecule has 2 aromatic carbocycles. The summed E-state index contributed by atoms with van der Waals surface area (Å²) >= 11 is 5.42. The van der Waals surface area contributed by atoms with Gasteiger partial charge >= 0.3 is 0 Å². The molecule has 0 radical (unpaired) electrons. The highest BCUT2D eigenvalue weighted by atomic mass is 32.1. The van der Waals surface area contributed by atoms with Gasteiger partial charge in [0, 0.05) is 18.3 Å². The van der Waals surface area contributed by atoms with Crippen LogP contribution in [-0.4, -0.2) is 17.6 Å². The Labute approximate surface area is 141 Å². The molecule has 3 rings (SSSR count). The Balaban J connectivity index is 1.66. The van der Waals surface area contributed by atoms with Crippen LogP contribution in [0.25, 0.3) is 6.08 Å². The summed E-state index contributed by atoms with van der Waals surface area (Å²) in [6, 6.07) is 17.9. The van der Waals surface area contributed by atoms with Crippen molar-refractivity contribution in [1.82, 2.24) is 5.32 Å². The Bertz CT molecular complexity index is 740. The lowest BCUT2D eigenvalue weighted by Crippen LogP contribution is -2.44. The van der Waals surface area contributed by atoms with Crippen molar-refractivity contribution in [3.63, 3.8) is 0 Å². The highest BCUT2D eigenvalue weighted by Gasteiger charge is 2.20. The van der Waals surface area contributed by atoms with E-state index in [1.54, 1.807) is 6.08 Å². The number of benzene rings is 2. The zero-order chi connectivity index (χ0) is 16.1. The largest absolute Gasteiger partial charge is 0.318 e. The number of aryl methyl sites for hydroxylation is 1. The van der Waals surface area contributed by atoms with Crippen LogP contribution in [0.5, 0.6) is 0 Å². The van der Waals surface area contributed by atoms with Crippen molar-refractivity contribution < 1.29 is 4.79 Å². The second-order valence-electron chi connectivity index (χ2n) is 5.42. The van der Waals surface area contributed by atoms with Crippen molar-refractivity contribution in [2.24, 2.45) is 0 Å². The first kappa shape index (κ1) is 15.4. The van der Waals surface area contributed by atoms with Gasteiger partial charge in [0.15, 0.2) is 5.11 Å². The lowest BCUT2D eigenvalue weighted by atomic mass is 10.0. The van der Waals surface area contributed by atoms with Gasteiger partial charge in [0.25, 0.3) is 0 Å². The second-order valence-corrected chi connectivity index (χ2v) is 5.81. The Morgan fingerprint density at radius 2 is 1.83 bits per heavy atom. The zero-order valence-electron chi connectivity index (χ0n) is 12.7. The Kier molecular flexibility index (Phi) is 4.83. The number of fused-ring (bicyclic) bond motifs is 1. The summed E-state index contributed by atoms with van der Waals surface area (Å²) in [5.74, 6) is -0.207. The van der Waals surface area contributed by atoms with E-state index in [2.05, 4.69) is 11.4 Å². The van der Waals surface area contributed by atoms with Gasteiger partial charge in [-0.1, -0.05) is 48.5 Å². The summed E-state index contributed by atoms with van der Waals surface area (Å²) in [7, 11) is 0. The number of carbonyl (C=O) groups is 1. The van der Waals surface area contributed by atoms with E-state index in [1.165, 1.54) is 11.6 Å². The van der Waals surface area contributed by atoms with Crippen LogP contribution in [0.1, 0.15) is 17.5 Å². The van der Waals surface area contributed by atoms with Crippen molar-refractivity contribution in [3.8, 4) is 0 Å². The molecule has 0 fully saturated rings. The minimum Gasteiger partial charge on any atom is -0.318 e. The lowest BCUT2D eigenvalue weighted by molar-refractivity contribution is -0.115. The smallest absolute Gasteiger partial charge is 0.250 e. The summed E-state index contributed by atoms with van der Waals surface area (Å²) in [6.07, 6.45) is 5.38. The maximum Gasteiger partial charge on any atom is 0.250 e. The SMILES string of the molecule is O=C(C=Cc1ccccc1)NC(=S)N1CCCc2ccccc21. The number of para-hydroxylation sites is 1. The van der Waals surface area contributed by atoms with Gasteiger partial charge in [-0.15, -0.1) is 0 Å². The van der Waals surface area contributed by atoms with Crippen molar-refractivity contribution >= 4 is 35.0 Å². The molecular formula is C19H18N2OS. The van der Waals surface area contributed by atoms with Crippen molar-refractivity contribution in [3.05, 3.63) is 71.8 Å². The van der Waals surface area contributed by atoms with E-state index in [0.717, 1.165) is 30.6 Å². The molecule has 23 heavy (non-hydrogen) atoms. The quantitative estimate of drug-likeness (QED) is 0.678. The maximum absolute atomic E-state index is 12.1. The molecule has 3 nitrogen and oxygen atoms in total. The van der Waals surface area contributed by atoms with Crippen LogP contribution in [0.2, 0.25) is 0 Å². The summed E-state index contributed by atoms with van der Waals surface area (Å²) < 4.78 is 0. The third kappa shape index (κ3) is 3.85. The first-order chi connectivity index (χ1) is 11.2. The van der Waals surface area contributed by atoms with E-state index in [1.807, 2.05) is 53.4 Å². The molecule has 1 aliphatic rings. The molecule has 0 aromatic heterocycles. The predicted octanol–water partition coefficient (Wildman–Crippen LogP) is 3.55. The van der Waals surface area contributed by atoms with E-state index >= 15 is 0 Å². The summed E-state index contributed by atoms with van der Waals surface area (Å²) in [4.78, 5) is 14.1. The van der Waals surface area contributed by atoms with Gasteiger partial charge in [-0.2, -0.15) is 0 Å². The highest BCUT2D eigenvalue weighted by molar-refractivity contribution is 7.80. The summed E-state index contributed by atoms with van der Waals surface area (Å²) in [6.45, 7) is 0.832. The van der Waals surface area contributed by atoms with Gasteiger partial charge < -0.3 is 4.90 Å². The zero-order valence-corrected chi connectivity index (χ0v) is 13.6. The second kappa shape index (κ2) is 7.20. The standard InChI is InChI=1S/C19H18N2OS/c22-18(13-12-15-7-2-1-3-8-15)20-19(23)21-14-6-10-16-9-4-5-11-17(16)21/h1-5,7-9,11-13H,6,10,14H2,(H,20,22,23). The molecular weight excluding hydrogens is 304 g/mol. The number of thiocarbonyl (C=S) groups is 1. The van der Waals surface area contributed by atoms with E-state index in [9.17, 15) is 4.79 Å². The van der Waals surface area contributed by atoms with Crippen LogP contribution in [0.4, 0.5) is 5.69 Å². The topological polar surface area (TPSA) is 32.3 Å². The molecule has 0 atom stereocenters. The van der Waals surface area contributed by atoms with Crippen molar-refractivity contribution in [2.45, 2.75) is 12.8 Å². The number of nitrogens with one attached hydrogen (secondary N) is 1. The average molecular weight is 322 g/mol. The van der Waals surface area contributed by atoms with Crippen molar-refractivity contribution in [2.75, 3.05) is 11.4 Å². The van der Waals surface area contributed by atoms with E-state index in [0.29, 0.717) is 5.11 Å². The number of amides is 1. The molecule has 0 spiro atoms. The first-order valence-electron chi connectivity index (χ1n) is 7.67. The van der Waals surface area contributed by atoms with Crippen molar-refractivity contribution in [1.29, 1.82) is 0 Å². The Hall–Kier alpha value is -2.46. The Morgan fingerprint density at radius 1 is 1.09 bits per heavy atom. The molecule has 1 N–H and O–H groups in total. The number of rotatable bonds is 2. The third-order valence-electron chi connectivity index (χ3n) is 3.81. The molecule has 0 bridgehead atoms. The van der Waals surface area contributed by atoms with Crippen LogP contribution < -0.4 is 10.2 Å². The monoisotopic (exact) mass is 322 g/mol. The van der Waals surface area contributed by atoms with E-state index in [4.69, 9.17) is 12.2 Å². The molecule has 116 valence electrons. The molecule has 0 saturated heterocycles. The van der Waals surface area contributed by atoms with Crippen LogP contribution in [0.3, 0.4) is 0 Å². The summed E-state index contributed by atoms with van der Waals surface area (Å²) in [5, 5.41) is 3.25. The van der Waals surface area contributed by atoms with Gasteiger partial charge in [-0.3, -0.25) is 10.1 Å². The minimum atomic E-state index is -0.207. The van der Waals surface area contributed by atoms with Gasteiger partial charge in [0.1, 0.15) is 0 Å². The van der Waals surface area contributed by atoms with Gasteiger partial charge in [-0.25, -0.2) is 0 Å². The predicted molar refractivity (Wildman–Crippen MR) is 98.3 cm³/mol. The van der Waals surface area contributed by atoms with Crippen LogP contribution in [0, 0.1) is 0 Å². The van der Waals surface area contributed by atoms with Crippen LogP contribution in [0.15, 0.2) is 60.7 Å². The molecule has 1 amide bonds. The molecule has 0 saturated carbocycles. The fourth-order valence-electron chi connectivity index (χ4n) is 2.70. The minimum absolute atomic E-state index is 0.207. The highest BCUT2D eigenvalue weighted by Crippen LogP contribution is 2.26. The maximum atomic E-state index is 12.1. The van der Waals surface area contributed by atoms with Gasteiger partial charge in [0.05, 0.1) is 0 Å². The summed E-state index contributed by atoms with van der Waals surface area (Å²) in [5.41, 5.74) is 3.35. The number of hydrogen-bond donors (Lipinski definition) is 1. The number of hydrogen-bond acceptors (Lipinski definition) is 2. The molecule has 2 aromatic rings. The Morgan fingerprint density at radius 3 is 2.65 bits per heavy atom. The lowest BCUT2D eigenvalue weighted by Gasteiger charge is -2.31. The number of anilines is 1. The molecule has 1 aliphatic heterocycles. The molecule has 0 unspecified atom stereocenters. The molecule has 4 heteroatoms. The average Bonchev–Trinajstić information content (AvgIpc) is 2.60. The van der Waals surface area contributed by atoms with Gasteiger partial charge in [-0.05, 0) is 48.3 Å². The third-order valence-corrected chi connectivity index (χ3v) is 4.13. The van der Waals surface area contributed by atoms with E-state index < -0.39 is 0 Å². The normalized spacial score (nSPS) is 13.7. The fraction of sp³-hybridized carbons (Fsp3) is 0.158.